The molecule has 2 N–H and O–H groups in total. The average molecular weight is 562 g/mol. The Labute approximate surface area is 237 Å². The van der Waals surface area contributed by atoms with Crippen molar-refractivity contribution < 1.29 is 24.2 Å². The van der Waals surface area contributed by atoms with E-state index in [1.807, 2.05) is 31.1 Å². The predicted octanol–water partition coefficient (Wildman–Crippen LogP) is 2.32. The van der Waals surface area contributed by atoms with Crippen molar-refractivity contribution >= 4 is 23.0 Å². The number of cyclic esters (lactones) is 1. The summed E-state index contributed by atoms with van der Waals surface area (Å²) in [4.78, 5) is 47.8. The number of benzene rings is 1. The summed E-state index contributed by atoms with van der Waals surface area (Å²) in [6, 6.07) is 7.43. The Hall–Kier alpha value is -3.80. The molecule has 0 spiro atoms. The molecule has 1 atom stereocenters. The average Bonchev–Trinajstić information content (AvgIpc) is 3.33. The summed E-state index contributed by atoms with van der Waals surface area (Å²) < 4.78 is 12.8. The molecule has 1 saturated heterocycles. The van der Waals surface area contributed by atoms with Gasteiger partial charge in [-0.2, -0.15) is 0 Å². The first-order chi connectivity index (χ1) is 19.6. The van der Waals surface area contributed by atoms with Crippen LogP contribution in [0.2, 0.25) is 0 Å². The third-order valence-corrected chi connectivity index (χ3v) is 8.58. The zero-order valence-corrected chi connectivity index (χ0v) is 23.8. The Morgan fingerprint density at radius 2 is 1.98 bits per heavy atom. The van der Waals surface area contributed by atoms with Crippen molar-refractivity contribution in [2.45, 2.75) is 57.5 Å². The number of nitrogens with zero attached hydrogens (tertiary/aromatic N) is 4. The van der Waals surface area contributed by atoms with Gasteiger partial charge in [-0.15, -0.1) is 0 Å². The monoisotopic (exact) mass is 561 g/mol. The second-order valence-electron chi connectivity index (χ2n) is 11.4. The normalized spacial score (nSPS) is 20.0. The highest BCUT2D eigenvalue weighted by Crippen LogP contribution is 2.40. The van der Waals surface area contributed by atoms with E-state index in [0.717, 1.165) is 42.4 Å². The van der Waals surface area contributed by atoms with Gasteiger partial charge in [-0.3, -0.25) is 4.79 Å². The number of piperidine rings is 1. The Morgan fingerprint density at radius 3 is 2.68 bits per heavy atom. The van der Waals surface area contributed by atoms with E-state index < -0.39 is 17.7 Å². The number of esters is 1. The van der Waals surface area contributed by atoms with Crippen molar-refractivity contribution in [3.8, 4) is 17.1 Å². The van der Waals surface area contributed by atoms with Gasteiger partial charge in [0.1, 0.15) is 12.4 Å². The smallest absolute Gasteiger partial charge is 0.415 e. The summed E-state index contributed by atoms with van der Waals surface area (Å²) in [6.45, 7) is 4.06. The molecule has 6 rings (SSSR count). The molecule has 3 aliphatic heterocycles. The SMILES string of the molecule is CC[C@@]1(O)C(=O)OCc2c1cc1n(c2=O)Cc2cc3c(CN(C)C)c(OC(=O)N(C)C4CCNCC4)ccc3nc2-1. The lowest BCUT2D eigenvalue weighted by Gasteiger charge is -2.31. The molecule has 2 aromatic heterocycles. The first kappa shape index (κ1) is 27.4. The number of amides is 1. The molecule has 11 heteroatoms. The Bertz CT molecular complexity index is 1630. The van der Waals surface area contributed by atoms with Gasteiger partial charge in [-0.05, 0) is 70.7 Å². The standard InChI is InChI=1S/C30H35N5O6/c1-5-30(39)22-13-24-26-17(14-35(24)27(36)21(22)16-40-28(30)37)12-19-20(15-33(2)3)25(7-6-23(19)32-26)41-29(38)34(4)18-8-10-31-11-9-18/h6-7,12-13,18,31,39H,5,8-11,14-16H2,1-4H3/t30-/m0/s1. The number of nitrogens with one attached hydrogen (secondary N) is 1. The van der Waals surface area contributed by atoms with Crippen LogP contribution in [0.5, 0.6) is 5.75 Å². The van der Waals surface area contributed by atoms with Crippen LogP contribution in [-0.4, -0.2) is 76.8 Å². The van der Waals surface area contributed by atoms with Crippen LogP contribution in [0.25, 0.3) is 22.3 Å². The molecule has 1 amide bonds. The first-order valence-corrected chi connectivity index (χ1v) is 14.0. The van der Waals surface area contributed by atoms with Gasteiger partial charge in [0.2, 0.25) is 0 Å². The van der Waals surface area contributed by atoms with E-state index >= 15 is 0 Å². The lowest BCUT2D eigenvalue weighted by molar-refractivity contribution is -0.172. The highest BCUT2D eigenvalue weighted by Gasteiger charge is 2.45. The minimum Gasteiger partial charge on any atom is -0.458 e. The van der Waals surface area contributed by atoms with Crippen LogP contribution in [0, 0.1) is 0 Å². The van der Waals surface area contributed by atoms with Crippen molar-refractivity contribution in [1.29, 1.82) is 0 Å². The van der Waals surface area contributed by atoms with Crippen molar-refractivity contribution in [2.75, 3.05) is 34.2 Å². The van der Waals surface area contributed by atoms with Gasteiger partial charge in [-0.25, -0.2) is 14.6 Å². The van der Waals surface area contributed by atoms with Gasteiger partial charge in [0.25, 0.3) is 5.56 Å². The Morgan fingerprint density at radius 1 is 1.22 bits per heavy atom. The fourth-order valence-corrected chi connectivity index (χ4v) is 6.18. The van der Waals surface area contributed by atoms with Crippen LogP contribution in [-0.2, 0) is 34.8 Å². The second kappa shape index (κ2) is 10.2. The van der Waals surface area contributed by atoms with Crippen molar-refractivity contribution in [3.63, 3.8) is 0 Å². The summed E-state index contributed by atoms with van der Waals surface area (Å²) in [5.74, 6) is -0.270. The van der Waals surface area contributed by atoms with E-state index in [-0.39, 0.29) is 35.8 Å². The third-order valence-electron chi connectivity index (χ3n) is 8.58. The molecule has 41 heavy (non-hydrogen) atoms. The van der Waals surface area contributed by atoms with E-state index in [4.69, 9.17) is 14.5 Å². The van der Waals surface area contributed by atoms with Crippen molar-refractivity contribution in [3.05, 3.63) is 56.9 Å². The molecule has 3 aliphatic rings. The number of hydrogen-bond acceptors (Lipinski definition) is 9. The predicted molar refractivity (Wildman–Crippen MR) is 152 cm³/mol. The van der Waals surface area contributed by atoms with E-state index in [1.54, 1.807) is 35.6 Å². The number of ether oxygens (including phenoxy) is 2. The van der Waals surface area contributed by atoms with E-state index in [1.165, 1.54) is 0 Å². The second-order valence-corrected chi connectivity index (χ2v) is 11.4. The number of aliphatic hydroxyl groups is 1. The van der Waals surface area contributed by atoms with Gasteiger partial charge < -0.3 is 34.3 Å². The van der Waals surface area contributed by atoms with Crippen molar-refractivity contribution in [2.24, 2.45) is 0 Å². The maximum atomic E-state index is 13.5. The minimum atomic E-state index is -1.87. The third kappa shape index (κ3) is 4.48. The molecule has 1 aromatic carbocycles. The maximum absolute atomic E-state index is 13.5. The van der Waals surface area contributed by atoms with Crippen LogP contribution < -0.4 is 15.6 Å². The number of carbonyl (C=O) groups is 2. The van der Waals surface area contributed by atoms with Crippen LogP contribution in [0.15, 0.2) is 29.1 Å². The molecule has 0 bridgehead atoms. The minimum absolute atomic E-state index is 0.0853. The fourth-order valence-electron chi connectivity index (χ4n) is 6.18. The number of aromatic nitrogens is 2. The summed E-state index contributed by atoms with van der Waals surface area (Å²) >= 11 is 0. The molecule has 3 aromatic rings. The molecule has 0 radical (unpaired) electrons. The summed E-state index contributed by atoms with van der Waals surface area (Å²) in [7, 11) is 5.68. The molecule has 0 saturated carbocycles. The van der Waals surface area contributed by atoms with E-state index in [0.29, 0.717) is 35.7 Å². The largest absolute Gasteiger partial charge is 0.458 e. The number of carbonyl (C=O) groups excluding carboxylic acids is 2. The van der Waals surface area contributed by atoms with Gasteiger partial charge in [0, 0.05) is 41.7 Å². The lowest BCUT2D eigenvalue weighted by atomic mass is 9.86. The summed E-state index contributed by atoms with van der Waals surface area (Å²) in [5.41, 5.74) is 1.93. The Kier molecular flexibility index (Phi) is 6.83. The van der Waals surface area contributed by atoms with Gasteiger partial charge in [-0.1, -0.05) is 6.92 Å². The zero-order chi connectivity index (χ0) is 29.1. The quantitative estimate of drug-likeness (QED) is 0.353. The van der Waals surface area contributed by atoms with Gasteiger partial charge in [0.05, 0.1) is 29.0 Å². The Balaban J connectivity index is 1.42. The topological polar surface area (TPSA) is 126 Å². The lowest BCUT2D eigenvalue weighted by Crippen LogP contribution is -2.45. The molecule has 11 nitrogen and oxygen atoms in total. The highest BCUT2D eigenvalue weighted by atomic mass is 16.6. The fraction of sp³-hybridized carbons (Fsp3) is 0.467. The van der Waals surface area contributed by atoms with Crippen LogP contribution in [0.1, 0.15) is 48.4 Å². The molecule has 5 heterocycles. The van der Waals surface area contributed by atoms with Crippen LogP contribution in [0.4, 0.5) is 4.79 Å². The van der Waals surface area contributed by atoms with Crippen LogP contribution >= 0.6 is 0 Å². The summed E-state index contributed by atoms with van der Waals surface area (Å²) in [5, 5.41) is 15.3. The number of fused-ring (bicyclic) bond motifs is 5. The molecular formula is C30H35N5O6. The van der Waals surface area contributed by atoms with Gasteiger partial charge in [0.15, 0.2) is 5.60 Å². The van der Waals surface area contributed by atoms with Gasteiger partial charge >= 0.3 is 12.1 Å². The molecule has 216 valence electrons. The highest BCUT2D eigenvalue weighted by molar-refractivity contribution is 5.90. The van der Waals surface area contributed by atoms with E-state index in [9.17, 15) is 19.5 Å². The molecule has 1 fully saturated rings. The first-order valence-electron chi connectivity index (χ1n) is 14.0. The zero-order valence-electron chi connectivity index (χ0n) is 23.8. The van der Waals surface area contributed by atoms with Crippen LogP contribution in [0.3, 0.4) is 0 Å². The number of pyridine rings is 2. The number of rotatable bonds is 5. The summed E-state index contributed by atoms with van der Waals surface area (Å²) in [6.07, 6.45) is 1.45. The molecule has 0 unspecified atom stereocenters. The molecule has 0 aliphatic carbocycles. The molecular weight excluding hydrogens is 526 g/mol. The number of hydrogen-bond donors (Lipinski definition) is 2. The van der Waals surface area contributed by atoms with Crippen molar-refractivity contribution in [1.82, 2.24) is 24.7 Å². The van der Waals surface area contributed by atoms with E-state index in [2.05, 4.69) is 5.32 Å². The maximum Gasteiger partial charge on any atom is 0.415 e.